The number of aliphatic hydroxyl groups excluding tert-OH is 1. The summed E-state index contributed by atoms with van der Waals surface area (Å²) in [6, 6.07) is 0.318. The predicted octanol–water partition coefficient (Wildman–Crippen LogP) is 0.794. The van der Waals surface area contributed by atoms with E-state index in [1.54, 1.807) is 0 Å². The van der Waals surface area contributed by atoms with Crippen LogP contribution in [0.4, 0.5) is 0 Å². The molecule has 3 atom stereocenters. The molecule has 2 aliphatic carbocycles. The average Bonchev–Trinajstić information content (AvgIpc) is 3.10. The summed E-state index contributed by atoms with van der Waals surface area (Å²) < 4.78 is 0. The summed E-state index contributed by atoms with van der Waals surface area (Å²) in [5.41, 5.74) is 0. The molecule has 2 aliphatic rings. The van der Waals surface area contributed by atoms with Crippen molar-refractivity contribution < 1.29 is 9.90 Å². The second-order valence-electron chi connectivity index (χ2n) is 5.60. The van der Waals surface area contributed by atoms with E-state index in [4.69, 9.17) is 0 Å². The van der Waals surface area contributed by atoms with Crippen molar-refractivity contribution in [1.29, 1.82) is 0 Å². The third-order valence-corrected chi connectivity index (χ3v) is 3.78. The summed E-state index contributed by atoms with van der Waals surface area (Å²) in [7, 11) is 0. The van der Waals surface area contributed by atoms with Crippen molar-refractivity contribution in [1.82, 2.24) is 10.6 Å². The fraction of sp³-hybridized carbons (Fsp3) is 0.923. The van der Waals surface area contributed by atoms with Crippen LogP contribution in [0.1, 0.15) is 45.4 Å². The number of carbonyl (C=O) groups is 1. The summed E-state index contributed by atoms with van der Waals surface area (Å²) in [5, 5.41) is 15.9. The van der Waals surface area contributed by atoms with Crippen LogP contribution < -0.4 is 10.6 Å². The molecular weight excluding hydrogens is 216 g/mol. The van der Waals surface area contributed by atoms with E-state index in [-0.39, 0.29) is 18.1 Å². The van der Waals surface area contributed by atoms with E-state index in [1.807, 2.05) is 6.92 Å². The molecule has 4 heteroatoms. The Bertz CT molecular complexity index is 266. The summed E-state index contributed by atoms with van der Waals surface area (Å²) in [4.78, 5) is 11.7. The molecule has 0 aromatic rings. The number of hydrogen-bond acceptors (Lipinski definition) is 3. The highest BCUT2D eigenvalue weighted by atomic mass is 16.3. The first kappa shape index (κ1) is 12.8. The largest absolute Gasteiger partial charge is 0.393 e. The van der Waals surface area contributed by atoms with Gasteiger partial charge < -0.3 is 15.7 Å². The van der Waals surface area contributed by atoms with Gasteiger partial charge in [-0.2, -0.15) is 0 Å². The van der Waals surface area contributed by atoms with Crippen LogP contribution in [0.25, 0.3) is 0 Å². The molecule has 2 saturated carbocycles. The monoisotopic (exact) mass is 240 g/mol. The Labute approximate surface area is 103 Å². The zero-order valence-electron chi connectivity index (χ0n) is 10.6. The van der Waals surface area contributed by atoms with Crippen molar-refractivity contribution in [3.8, 4) is 0 Å². The fourth-order valence-corrected chi connectivity index (χ4v) is 2.44. The molecule has 3 unspecified atom stereocenters. The second-order valence-corrected chi connectivity index (χ2v) is 5.60. The number of aliphatic hydroxyl groups is 1. The Morgan fingerprint density at radius 1 is 1.35 bits per heavy atom. The SMILES string of the molecule is CC(NCC1CCCC(O)C1)C(=O)NC1CC1. The normalized spacial score (nSPS) is 30.9. The van der Waals surface area contributed by atoms with Crippen molar-refractivity contribution in [2.24, 2.45) is 5.92 Å². The first-order valence-corrected chi connectivity index (χ1v) is 6.87. The number of rotatable bonds is 5. The van der Waals surface area contributed by atoms with Gasteiger partial charge in [-0.05, 0) is 51.5 Å². The third-order valence-electron chi connectivity index (χ3n) is 3.78. The molecule has 0 aliphatic heterocycles. The minimum Gasteiger partial charge on any atom is -0.393 e. The molecule has 4 nitrogen and oxygen atoms in total. The summed E-state index contributed by atoms with van der Waals surface area (Å²) >= 11 is 0. The summed E-state index contributed by atoms with van der Waals surface area (Å²) in [6.45, 7) is 2.76. The van der Waals surface area contributed by atoms with Crippen molar-refractivity contribution in [2.75, 3.05) is 6.54 Å². The molecular formula is C13H24N2O2. The highest BCUT2D eigenvalue weighted by molar-refractivity contribution is 5.81. The molecule has 0 aromatic heterocycles. The van der Waals surface area contributed by atoms with E-state index in [2.05, 4.69) is 10.6 Å². The van der Waals surface area contributed by atoms with Crippen LogP contribution in [-0.4, -0.2) is 35.7 Å². The van der Waals surface area contributed by atoms with Crippen molar-refractivity contribution in [2.45, 2.75) is 63.6 Å². The Balaban J connectivity index is 1.64. The van der Waals surface area contributed by atoms with E-state index in [9.17, 15) is 9.90 Å². The van der Waals surface area contributed by atoms with Gasteiger partial charge in [-0.3, -0.25) is 4.79 Å². The number of carbonyl (C=O) groups excluding carboxylic acids is 1. The van der Waals surface area contributed by atoms with E-state index >= 15 is 0 Å². The molecule has 0 aromatic carbocycles. The maximum absolute atomic E-state index is 11.7. The van der Waals surface area contributed by atoms with Gasteiger partial charge in [-0.25, -0.2) is 0 Å². The van der Waals surface area contributed by atoms with E-state index in [0.717, 1.165) is 38.6 Å². The van der Waals surface area contributed by atoms with Crippen LogP contribution in [-0.2, 0) is 4.79 Å². The number of amides is 1. The Morgan fingerprint density at radius 2 is 2.12 bits per heavy atom. The lowest BCUT2D eigenvalue weighted by Gasteiger charge is -2.27. The molecule has 0 saturated heterocycles. The van der Waals surface area contributed by atoms with Crippen molar-refractivity contribution in [3.63, 3.8) is 0 Å². The van der Waals surface area contributed by atoms with Crippen molar-refractivity contribution in [3.05, 3.63) is 0 Å². The van der Waals surface area contributed by atoms with E-state index in [0.29, 0.717) is 12.0 Å². The molecule has 1 amide bonds. The lowest BCUT2D eigenvalue weighted by atomic mass is 9.87. The molecule has 0 spiro atoms. The first-order valence-electron chi connectivity index (χ1n) is 6.87. The Hall–Kier alpha value is -0.610. The number of hydrogen-bond donors (Lipinski definition) is 3. The van der Waals surface area contributed by atoms with Gasteiger partial charge in [0.2, 0.25) is 5.91 Å². The standard InChI is InChI=1S/C13H24N2O2/c1-9(13(17)15-11-5-6-11)14-8-10-3-2-4-12(16)7-10/h9-12,14,16H,2-8H2,1H3,(H,15,17). The Morgan fingerprint density at radius 3 is 2.76 bits per heavy atom. The first-order chi connectivity index (χ1) is 8.15. The second kappa shape index (κ2) is 5.83. The maximum Gasteiger partial charge on any atom is 0.237 e. The minimum atomic E-state index is -0.133. The van der Waals surface area contributed by atoms with Gasteiger partial charge in [0, 0.05) is 6.04 Å². The summed E-state index contributed by atoms with van der Waals surface area (Å²) in [6.07, 6.45) is 6.22. The predicted molar refractivity (Wildman–Crippen MR) is 66.6 cm³/mol. The fourth-order valence-electron chi connectivity index (χ4n) is 2.44. The minimum absolute atomic E-state index is 0.115. The quantitative estimate of drug-likeness (QED) is 0.666. The molecule has 0 heterocycles. The van der Waals surface area contributed by atoms with Crippen LogP contribution in [0.15, 0.2) is 0 Å². The highest BCUT2D eigenvalue weighted by Crippen LogP contribution is 2.23. The van der Waals surface area contributed by atoms with Crippen LogP contribution in [0.3, 0.4) is 0 Å². The molecule has 17 heavy (non-hydrogen) atoms. The van der Waals surface area contributed by atoms with Gasteiger partial charge in [-0.1, -0.05) is 6.42 Å². The van der Waals surface area contributed by atoms with Crippen LogP contribution in [0, 0.1) is 5.92 Å². The zero-order valence-corrected chi connectivity index (χ0v) is 10.6. The van der Waals surface area contributed by atoms with Gasteiger partial charge in [0.15, 0.2) is 0 Å². The summed E-state index contributed by atoms with van der Waals surface area (Å²) in [5.74, 6) is 0.638. The van der Waals surface area contributed by atoms with Crippen LogP contribution >= 0.6 is 0 Å². The lowest BCUT2D eigenvalue weighted by Crippen LogP contribution is -2.45. The van der Waals surface area contributed by atoms with E-state index < -0.39 is 0 Å². The van der Waals surface area contributed by atoms with Gasteiger partial charge in [-0.15, -0.1) is 0 Å². The smallest absolute Gasteiger partial charge is 0.237 e. The van der Waals surface area contributed by atoms with Crippen molar-refractivity contribution >= 4 is 5.91 Å². The topological polar surface area (TPSA) is 61.4 Å². The highest BCUT2D eigenvalue weighted by Gasteiger charge is 2.26. The average molecular weight is 240 g/mol. The maximum atomic E-state index is 11.7. The lowest BCUT2D eigenvalue weighted by molar-refractivity contribution is -0.122. The molecule has 98 valence electrons. The van der Waals surface area contributed by atoms with Gasteiger partial charge in [0.05, 0.1) is 12.1 Å². The third kappa shape index (κ3) is 4.28. The van der Waals surface area contributed by atoms with E-state index in [1.165, 1.54) is 6.42 Å². The molecule has 3 N–H and O–H groups in total. The Kier molecular flexibility index (Phi) is 4.40. The zero-order chi connectivity index (χ0) is 12.3. The molecule has 0 bridgehead atoms. The van der Waals surface area contributed by atoms with Gasteiger partial charge >= 0.3 is 0 Å². The molecule has 2 rings (SSSR count). The van der Waals surface area contributed by atoms with Crippen LogP contribution in [0.2, 0.25) is 0 Å². The molecule has 2 fully saturated rings. The van der Waals surface area contributed by atoms with Gasteiger partial charge in [0.25, 0.3) is 0 Å². The van der Waals surface area contributed by atoms with Gasteiger partial charge in [0.1, 0.15) is 0 Å². The van der Waals surface area contributed by atoms with Crippen LogP contribution in [0.5, 0.6) is 0 Å². The number of nitrogens with one attached hydrogen (secondary N) is 2. The molecule has 0 radical (unpaired) electrons.